The van der Waals surface area contributed by atoms with Crippen LogP contribution in [0.2, 0.25) is 0 Å². The lowest BCUT2D eigenvalue weighted by atomic mass is 10.1. The van der Waals surface area contributed by atoms with Crippen LogP contribution in [-0.2, 0) is 11.3 Å². The van der Waals surface area contributed by atoms with Gasteiger partial charge in [0.1, 0.15) is 4.83 Å². The van der Waals surface area contributed by atoms with E-state index in [1.807, 2.05) is 42.6 Å². The fourth-order valence-electron chi connectivity index (χ4n) is 3.38. The predicted octanol–water partition coefficient (Wildman–Crippen LogP) is 3.98. The van der Waals surface area contributed by atoms with Crippen molar-refractivity contribution < 1.29 is 9.59 Å². The zero-order valence-electron chi connectivity index (χ0n) is 17.4. The Kier molecular flexibility index (Phi) is 6.42. The predicted molar refractivity (Wildman–Crippen MR) is 126 cm³/mol. The first-order valence-corrected chi connectivity index (χ1v) is 11.1. The number of hydrogen-bond donors (Lipinski definition) is 2. The fraction of sp³-hybridized carbons (Fsp3) is 0.167. The minimum Gasteiger partial charge on any atom is -0.345 e. The van der Waals surface area contributed by atoms with Crippen molar-refractivity contribution in [2.75, 3.05) is 5.32 Å². The van der Waals surface area contributed by atoms with E-state index in [-0.39, 0.29) is 36.4 Å². The molecule has 2 aromatic heterocycles. The number of benzene rings is 2. The molecule has 0 saturated carbocycles. The van der Waals surface area contributed by atoms with Gasteiger partial charge in [0.05, 0.1) is 29.0 Å². The van der Waals surface area contributed by atoms with Gasteiger partial charge >= 0.3 is 0 Å². The molecule has 0 saturated heterocycles. The number of aryl methyl sites for hydroxylation is 1. The van der Waals surface area contributed by atoms with Crippen molar-refractivity contribution in [3.05, 3.63) is 93.9 Å². The molecule has 1 atom stereocenters. The molecule has 32 heavy (non-hydrogen) atoms. The van der Waals surface area contributed by atoms with Crippen molar-refractivity contribution in [1.82, 2.24) is 14.9 Å². The van der Waals surface area contributed by atoms with Crippen LogP contribution < -0.4 is 16.2 Å². The molecule has 2 N–H and O–H groups in total. The molecule has 0 bridgehead atoms. The normalized spacial score (nSPS) is 11.8. The molecule has 2 heterocycles. The summed E-state index contributed by atoms with van der Waals surface area (Å²) in [6.07, 6.45) is 1.54. The maximum Gasteiger partial charge on any atom is 0.262 e. The van der Waals surface area contributed by atoms with Crippen molar-refractivity contribution >= 4 is 39.1 Å². The van der Waals surface area contributed by atoms with Crippen molar-refractivity contribution in [3.8, 4) is 0 Å². The molecule has 8 heteroatoms. The zero-order chi connectivity index (χ0) is 22.5. The minimum atomic E-state index is -0.293. The maximum atomic E-state index is 12.8. The van der Waals surface area contributed by atoms with Crippen LogP contribution in [0.5, 0.6) is 0 Å². The van der Waals surface area contributed by atoms with E-state index in [2.05, 4.69) is 15.6 Å². The number of thiophene rings is 1. The highest BCUT2D eigenvalue weighted by molar-refractivity contribution is 7.16. The second-order valence-corrected chi connectivity index (χ2v) is 8.23. The molecule has 4 aromatic rings. The van der Waals surface area contributed by atoms with Gasteiger partial charge in [-0.1, -0.05) is 42.5 Å². The number of carbonyl (C=O) groups excluding carboxylic acids is 2. The molecule has 4 rings (SSSR count). The number of fused-ring (bicyclic) bond motifs is 1. The monoisotopic (exact) mass is 446 g/mol. The van der Waals surface area contributed by atoms with E-state index in [0.29, 0.717) is 21.5 Å². The molecule has 162 valence electrons. The summed E-state index contributed by atoms with van der Waals surface area (Å²) in [5, 5.41) is 8.12. The molecule has 0 aliphatic rings. The van der Waals surface area contributed by atoms with Gasteiger partial charge < -0.3 is 10.6 Å². The molecular weight excluding hydrogens is 424 g/mol. The molecular formula is C24H22N4O3S. The number of carbonyl (C=O) groups is 2. The van der Waals surface area contributed by atoms with Crippen molar-refractivity contribution in [2.45, 2.75) is 25.9 Å². The summed E-state index contributed by atoms with van der Waals surface area (Å²) in [6, 6.07) is 18.1. The van der Waals surface area contributed by atoms with Gasteiger partial charge in [-0.25, -0.2) is 4.98 Å². The largest absolute Gasteiger partial charge is 0.345 e. The summed E-state index contributed by atoms with van der Waals surface area (Å²) < 4.78 is 1.43. The Labute approximate surface area is 188 Å². The minimum absolute atomic E-state index is 0.0770. The molecule has 0 spiro atoms. The van der Waals surface area contributed by atoms with Gasteiger partial charge in [-0.15, -0.1) is 11.3 Å². The second-order valence-electron chi connectivity index (χ2n) is 7.33. The van der Waals surface area contributed by atoms with Gasteiger partial charge in [-0.3, -0.25) is 19.0 Å². The number of aromatic nitrogens is 2. The number of anilines is 1. The van der Waals surface area contributed by atoms with Crippen LogP contribution in [0, 0.1) is 0 Å². The Morgan fingerprint density at radius 3 is 2.62 bits per heavy atom. The highest BCUT2D eigenvalue weighted by Gasteiger charge is 2.16. The summed E-state index contributed by atoms with van der Waals surface area (Å²) in [4.78, 5) is 42.8. The van der Waals surface area contributed by atoms with E-state index in [0.717, 1.165) is 5.56 Å². The highest BCUT2D eigenvalue weighted by Crippen LogP contribution is 2.18. The Hall–Kier alpha value is -3.78. The van der Waals surface area contributed by atoms with Gasteiger partial charge in [-0.2, -0.15) is 0 Å². The van der Waals surface area contributed by atoms with Crippen LogP contribution in [0.15, 0.2) is 77.2 Å². The summed E-state index contributed by atoms with van der Waals surface area (Å²) in [5.74, 6) is -0.570. The zero-order valence-corrected chi connectivity index (χ0v) is 18.3. The molecule has 2 amide bonds. The smallest absolute Gasteiger partial charge is 0.262 e. The number of nitrogens with one attached hydrogen (secondary N) is 2. The third-order valence-electron chi connectivity index (χ3n) is 5.12. The van der Waals surface area contributed by atoms with Crippen LogP contribution in [-0.4, -0.2) is 21.4 Å². The quantitative estimate of drug-likeness (QED) is 0.449. The Bertz CT molecular complexity index is 1310. The molecule has 0 aliphatic carbocycles. The molecule has 0 radical (unpaired) electrons. The standard InChI is InChI=1S/C24H22N4O3S/c1-16(17-7-3-2-4-8-17)26-22(30)18-9-5-6-10-20(18)27-21(29)11-13-28-15-25-23-19(24(28)31)12-14-32-23/h2-10,12,14-16H,11,13H2,1H3,(H,26,30)(H,27,29). The van der Waals surface area contributed by atoms with Crippen LogP contribution in [0.25, 0.3) is 10.2 Å². The summed E-state index contributed by atoms with van der Waals surface area (Å²) in [6.45, 7) is 2.10. The van der Waals surface area contributed by atoms with E-state index in [4.69, 9.17) is 0 Å². The topological polar surface area (TPSA) is 93.1 Å². The fourth-order valence-corrected chi connectivity index (χ4v) is 4.10. The Balaban J connectivity index is 1.42. The number of hydrogen-bond acceptors (Lipinski definition) is 5. The third kappa shape index (κ3) is 4.76. The summed E-state index contributed by atoms with van der Waals surface area (Å²) in [5.41, 5.74) is 1.62. The van der Waals surface area contributed by atoms with Crippen LogP contribution in [0.3, 0.4) is 0 Å². The van der Waals surface area contributed by atoms with E-state index in [9.17, 15) is 14.4 Å². The SMILES string of the molecule is CC(NC(=O)c1ccccc1NC(=O)CCn1cnc2sccc2c1=O)c1ccccc1. The second kappa shape index (κ2) is 9.57. The van der Waals surface area contributed by atoms with Crippen LogP contribution in [0.1, 0.15) is 35.3 Å². The van der Waals surface area contributed by atoms with Gasteiger partial charge in [-0.05, 0) is 36.1 Å². The van der Waals surface area contributed by atoms with Gasteiger partial charge in [0.25, 0.3) is 11.5 Å². The maximum absolute atomic E-state index is 12.8. The van der Waals surface area contributed by atoms with Crippen molar-refractivity contribution in [2.24, 2.45) is 0 Å². The molecule has 0 aliphatic heterocycles. The average molecular weight is 447 g/mol. The Morgan fingerprint density at radius 2 is 1.81 bits per heavy atom. The molecule has 0 fully saturated rings. The molecule has 1 unspecified atom stereocenters. The van der Waals surface area contributed by atoms with Crippen LogP contribution in [0.4, 0.5) is 5.69 Å². The lowest BCUT2D eigenvalue weighted by Crippen LogP contribution is -2.28. The number of nitrogens with zero attached hydrogens (tertiary/aromatic N) is 2. The first-order chi connectivity index (χ1) is 15.5. The van der Waals surface area contributed by atoms with Crippen molar-refractivity contribution in [3.63, 3.8) is 0 Å². The number of rotatable bonds is 7. The number of amides is 2. The highest BCUT2D eigenvalue weighted by atomic mass is 32.1. The van der Waals surface area contributed by atoms with Crippen LogP contribution >= 0.6 is 11.3 Å². The summed E-state index contributed by atoms with van der Waals surface area (Å²) in [7, 11) is 0. The first kappa shape index (κ1) is 21.5. The third-order valence-corrected chi connectivity index (χ3v) is 5.94. The lowest BCUT2D eigenvalue weighted by molar-refractivity contribution is -0.116. The van der Waals surface area contributed by atoms with E-state index >= 15 is 0 Å². The van der Waals surface area contributed by atoms with E-state index in [1.54, 1.807) is 30.3 Å². The molecule has 7 nitrogen and oxygen atoms in total. The average Bonchev–Trinajstić information content (AvgIpc) is 3.29. The summed E-state index contributed by atoms with van der Waals surface area (Å²) >= 11 is 1.40. The molecule has 2 aromatic carbocycles. The van der Waals surface area contributed by atoms with Gasteiger partial charge in [0.2, 0.25) is 5.91 Å². The van der Waals surface area contributed by atoms with Gasteiger partial charge in [0, 0.05) is 13.0 Å². The van der Waals surface area contributed by atoms with Gasteiger partial charge in [0.15, 0.2) is 0 Å². The first-order valence-electron chi connectivity index (χ1n) is 10.2. The Morgan fingerprint density at radius 1 is 1.06 bits per heavy atom. The number of para-hydroxylation sites is 1. The van der Waals surface area contributed by atoms with E-state index < -0.39 is 0 Å². The lowest BCUT2D eigenvalue weighted by Gasteiger charge is -2.16. The van der Waals surface area contributed by atoms with E-state index in [1.165, 1.54) is 22.2 Å². The van der Waals surface area contributed by atoms with Crippen molar-refractivity contribution in [1.29, 1.82) is 0 Å².